The lowest BCUT2D eigenvalue weighted by Crippen LogP contribution is -2.35. The molecule has 1 aliphatic heterocycles. The Kier molecular flexibility index (Phi) is 3.30. The number of hydrogen-bond acceptors (Lipinski definition) is 5. The van der Waals surface area contributed by atoms with Gasteiger partial charge in [0.2, 0.25) is 0 Å². The lowest BCUT2D eigenvalue weighted by molar-refractivity contribution is 0.354. The van der Waals surface area contributed by atoms with Crippen LogP contribution in [0.2, 0.25) is 0 Å². The highest BCUT2D eigenvalue weighted by Crippen LogP contribution is 2.31. The summed E-state index contributed by atoms with van der Waals surface area (Å²) in [5, 5.41) is 4.18. The van der Waals surface area contributed by atoms with Crippen molar-refractivity contribution < 1.29 is 9.47 Å². The van der Waals surface area contributed by atoms with Crippen molar-refractivity contribution in [3.8, 4) is 11.5 Å². The Morgan fingerprint density at radius 1 is 1.29 bits per heavy atom. The average molecular weight is 233 g/mol. The van der Waals surface area contributed by atoms with Crippen molar-refractivity contribution >= 4 is 5.71 Å². The van der Waals surface area contributed by atoms with E-state index in [0.29, 0.717) is 11.5 Å². The van der Waals surface area contributed by atoms with Gasteiger partial charge < -0.3 is 15.2 Å². The van der Waals surface area contributed by atoms with Crippen LogP contribution in [0, 0.1) is 0 Å². The maximum Gasteiger partial charge on any atom is 0.170 e. The predicted molar refractivity (Wildman–Crippen MR) is 66.3 cm³/mol. The van der Waals surface area contributed by atoms with Gasteiger partial charge in [0, 0.05) is 5.56 Å². The summed E-state index contributed by atoms with van der Waals surface area (Å²) in [7, 11) is 3.21. The summed E-state index contributed by atoms with van der Waals surface area (Å²) in [6.07, 6.45) is 3.45. The van der Waals surface area contributed by atoms with Crippen LogP contribution in [0.25, 0.3) is 0 Å². The maximum absolute atomic E-state index is 5.64. The highest BCUT2D eigenvalue weighted by molar-refractivity contribution is 6.11. The van der Waals surface area contributed by atoms with Gasteiger partial charge in [-0.25, -0.2) is 0 Å². The average Bonchev–Trinajstić information content (AvgIpc) is 2.38. The standard InChI is InChI=1S/C12H15N3O2/c1-16-10-5-3-4-8(12(10)17-2)9-6-7-11(13)15-14-9/h3-7,11,15H,13H2,1-2H3. The predicted octanol–water partition coefficient (Wildman–Crippen LogP) is 0.852. The van der Waals surface area contributed by atoms with E-state index in [4.69, 9.17) is 15.2 Å². The van der Waals surface area contributed by atoms with E-state index < -0.39 is 0 Å². The number of hydrogen-bond donors (Lipinski definition) is 2. The van der Waals surface area contributed by atoms with Crippen LogP contribution in [-0.2, 0) is 0 Å². The van der Waals surface area contributed by atoms with Crippen LogP contribution in [0.15, 0.2) is 35.5 Å². The zero-order chi connectivity index (χ0) is 12.3. The van der Waals surface area contributed by atoms with Gasteiger partial charge in [0.05, 0.1) is 19.9 Å². The number of rotatable bonds is 3. The lowest BCUT2D eigenvalue weighted by atomic mass is 10.1. The van der Waals surface area contributed by atoms with E-state index in [0.717, 1.165) is 11.3 Å². The van der Waals surface area contributed by atoms with Crippen molar-refractivity contribution in [2.45, 2.75) is 6.17 Å². The fraction of sp³-hybridized carbons (Fsp3) is 0.250. The topological polar surface area (TPSA) is 68.9 Å². The van der Waals surface area contributed by atoms with Gasteiger partial charge in [-0.05, 0) is 24.3 Å². The Bertz CT molecular complexity index is 469. The first-order valence-corrected chi connectivity index (χ1v) is 5.24. The van der Waals surface area contributed by atoms with Crippen LogP contribution < -0.4 is 20.6 Å². The number of para-hydroxylation sites is 1. The third-order valence-electron chi connectivity index (χ3n) is 2.47. The SMILES string of the molecule is COc1cccc(C2=NNC(N)C=C2)c1OC. The molecule has 0 amide bonds. The summed E-state index contributed by atoms with van der Waals surface area (Å²) in [4.78, 5) is 0. The first kappa shape index (κ1) is 11.5. The van der Waals surface area contributed by atoms with E-state index in [9.17, 15) is 0 Å². The minimum atomic E-state index is -0.240. The maximum atomic E-state index is 5.64. The molecule has 3 N–H and O–H groups in total. The van der Waals surface area contributed by atoms with Gasteiger partial charge in [-0.2, -0.15) is 5.10 Å². The number of nitrogens with two attached hydrogens (primary N) is 1. The van der Waals surface area contributed by atoms with Gasteiger partial charge in [-0.15, -0.1) is 0 Å². The number of hydrazone groups is 1. The molecule has 1 atom stereocenters. The number of nitrogens with zero attached hydrogens (tertiary/aromatic N) is 1. The van der Waals surface area contributed by atoms with Gasteiger partial charge in [0.1, 0.15) is 6.17 Å². The highest BCUT2D eigenvalue weighted by Gasteiger charge is 2.15. The van der Waals surface area contributed by atoms with Crippen LogP contribution in [0.3, 0.4) is 0 Å². The van der Waals surface area contributed by atoms with Crippen LogP contribution in [-0.4, -0.2) is 26.1 Å². The van der Waals surface area contributed by atoms with Crippen molar-refractivity contribution in [2.75, 3.05) is 14.2 Å². The number of ether oxygens (including phenoxy) is 2. The second kappa shape index (κ2) is 4.88. The number of allylic oxidation sites excluding steroid dienone is 1. The minimum absolute atomic E-state index is 0.240. The van der Waals surface area contributed by atoms with Crippen molar-refractivity contribution in [1.29, 1.82) is 0 Å². The molecule has 90 valence electrons. The molecular formula is C12H15N3O2. The molecule has 0 saturated carbocycles. The summed E-state index contributed by atoms with van der Waals surface area (Å²) in [6, 6.07) is 5.65. The molecule has 0 aromatic heterocycles. The highest BCUT2D eigenvalue weighted by atomic mass is 16.5. The van der Waals surface area contributed by atoms with Crippen molar-refractivity contribution in [3.05, 3.63) is 35.9 Å². The summed E-state index contributed by atoms with van der Waals surface area (Å²) in [6.45, 7) is 0. The smallest absolute Gasteiger partial charge is 0.170 e. The number of nitrogens with one attached hydrogen (secondary N) is 1. The molecule has 1 aliphatic rings. The molecule has 0 fully saturated rings. The van der Waals surface area contributed by atoms with E-state index in [-0.39, 0.29) is 6.17 Å². The Hall–Kier alpha value is -2.01. The largest absolute Gasteiger partial charge is 0.493 e. The lowest BCUT2D eigenvalue weighted by Gasteiger charge is -2.16. The summed E-state index contributed by atoms with van der Waals surface area (Å²) >= 11 is 0. The van der Waals surface area contributed by atoms with Gasteiger partial charge in [-0.1, -0.05) is 6.07 Å². The Labute approximate surface area is 99.9 Å². The second-order valence-electron chi connectivity index (χ2n) is 3.55. The normalized spacial score (nSPS) is 18.3. The molecule has 0 aliphatic carbocycles. The first-order valence-electron chi connectivity index (χ1n) is 5.24. The summed E-state index contributed by atoms with van der Waals surface area (Å²) in [5.41, 5.74) is 10.1. The molecule has 1 heterocycles. The molecule has 1 unspecified atom stereocenters. The van der Waals surface area contributed by atoms with E-state index in [1.54, 1.807) is 14.2 Å². The fourth-order valence-electron chi connectivity index (χ4n) is 1.66. The monoisotopic (exact) mass is 233 g/mol. The number of benzene rings is 1. The van der Waals surface area contributed by atoms with Gasteiger partial charge in [0.25, 0.3) is 0 Å². The van der Waals surface area contributed by atoms with E-state index in [2.05, 4.69) is 10.5 Å². The van der Waals surface area contributed by atoms with Crippen LogP contribution in [0.1, 0.15) is 5.56 Å². The summed E-state index contributed by atoms with van der Waals surface area (Å²) < 4.78 is 10.6. The van der Waals surface area contributed by atoms with Crippen LogP contribution in [0.5, 0.6) is 11.5 Å². The van der Waals surface area contributed by atoms with Crippen molar-refractivity contribution in [3.63, 3.8) is 0 Å². The zero-order valence-electron chi connectivity index (χ0n) is 9.81. The molecule has 0 radical (unpaired) electrons. The van der Waals surface area contributed by atoms with Gasteiger partial charge >= 0.3 is 0 Å². The summed E-state index contributed by atoms with van der Waals surface area (Å²) in [5.74, 6) is 1.34. The van der Waals surface area contributed by atoms with E-state index >= 15 is 0 Å². The van der Waals surface area contributed by atoms with E-state index in [1.165, 1.54) is 0 Å². The fourth-order valence-corrected chi connectivity index (χ4v) is 1.66. The Balaban J connectivity index is 2.42. The van der Waals surface area contributed by atoms with Gasteiger partial charge in [0.15, 0.2) is 11.5 Å². The quantitative estimate of drug-likeness (QED) is 0.812. The van der Waals surface area contributed by atoms with Crippen LogP contribution >= 0.6 is 0 Å². The Morgan fingerprint density at radius 3 is 2.71 bits per heavy atom. The molecule has 1 aromatic rings. The molecule has 0 bridgehead atoms. The Morgan fingerprint density at radius 2 is 2.12 bits per heavy atom. The molecule has 17 heavy (non-hydrogen) atoms. The van der Waals surface area contributed by atoms with Crippen molar-refractivity contribution in [1.82, 2.24) is 5.43 Å². The van der Waals surface area contributed by atoms with Gasteiger partial charge in [-0.3, -0.25) is 5.43 Å². The molecule has 5 heteroatoms. The molecule has 5 nitrogen and oxygen atoms in total. The third kappa shape index (κ3) is 2.24. The van der Waals surface area contributed by atoms with Crippen molar-refractivity contribution in [2.24, 2.45) is 10.8 Å². The molecule has 0 saturated heterocycles. The minimum Gasteiger partial charge on any atom is -0.493 e. The third-order valence-corrected chi connectivity index (χ3v) is 2.47. The molecule has 1 aromatic carbocycles. The first-order chi connectivity index (χ1) is 8.26. The molecule has 0 spiro atoms. The second-order valence-corrected chi connectivity index (χ2v) is 3.55. The van der Waals surface area contributed by atoms with Crippen LogP contribution in [0.4, 0.5) is 0 Å². The number of methoxy groups -OCH3 is 2. The molecular weight excluding hydrogens is 218 g/mol. The zero-order valence-corrected chi connectivity index (χ0v) is 9.81. The molecule has 2 rings (SSSR count). The van der Waals surface area contributed by atoms with E-state index in [1.807, 2.05) is 30.4 Å².